The lowest BCUT2D eigenvalue weighted by Gasteiger charge is -1.84. The van der Waals surface area contributed by atoms with E-state index in [1.807, 2.05) is 0 Å². The molecule has 2 rings (SSSR count). The highest BCUT2D eigenvalue weighted by molar-refractivity contribution is 5.82. The summed E-state index contributed by atoms with van der Waals surface area (Å²) in [5.41, 5.74) is 0.590. The summed E-state index contributed by atoms with van der Waals surface area (Å²) in [4.78, 5) is 10.4. The first-order valence-electron chi connectivity index (χ1n) is 3.72. The molecule has 0 fully saturated rings. The van der Waals surface area contributed by atoms with E-state index in [1.54, 1.807) is 17.9 Å². The Balaban J connectivity index is 2.38. The number of nitrogens with zero attached hydrogens (tertiary/aromatic N) is 4. The summed E-state index contributed by atoms with van der Waals surface area (Å²) in [6, 6.07) is 0. The van der Waals surface area contributed by atoms with Gasteiger partial charge >= 0.3 is 11.9 Å². The number of hydrogen-bond donors (Lipinski definition) is 1. The summed E-state index contributed by atoms with van der Waals surface area (Å²) in [6.45, 7) is 0. The Labute approximate surface area is 78.0 Å². The molecule has 0 saturated heterocycles. The molecule has 0 aliphatic heterocycles. The monoisotopic (exact) mass is 194 g/mol. The average Bonchev–Trinajstić information content (AvgIpc) is 2.70. The number of aryl methyl sites for hydroxylation is 1. The summed E-state index contributed by atoms with van der Waals surface area (Å²) >= 11 is 0. The molecule has 0 aliphatic carbocycles. The molecule has 7 nitrogen and oxygen atoms in total. The second-order valence-electron chi connectivity index (χ2n) is 2.62. The average molecular weight is 194 g/mol. The molecule has 2 aromatic rings. The number of carboxylic acid groups (broad SMARTS) is 1. The number of carbonyl (C=O) groups is 1. The molecular formula is C7H6N4O3. The predicted molar refractivity (Wildman–Crippen MR) is 43.5 cm³/mol. The van der Waals surface area contributed by atoms with E-state index in [-0.39, 0.29) is 5.89 Å². The Morgan fingerprint density at radius 3 is 2.86 bits per heavy atom. The van der Waals surface area contributed by atoms with Crippen LogP contribution in [-0.4, -0.2) is 31.1 Å². The van der Waals surface area contributed by atoms with Crippen LogP contribution in [0, 0.1) is 0 Å². The second-order valence-corrected chi connectivity index (χ2v) is 2.62. The van der Waals surface area contributed by atoms with Crippen LogP contribution < -0.4 is 0 Å². The number of aromatic nitrogens is 4. The van der Waals surface area contributed by atoms with Crippen molar-refractivity contribution in [3.05, 3.63) is 18.3 Å². The fourth-order valence-corrected chi connectivity index (χ4v) is 0.958. The molecule has 0 unspecified atom stereocenters. The Kier molecular flexibility index (Phi) is 1.77. The molecule has 0 saturated carbocycles. The van der Waals surface area contributed by atoms with E-state index >= 15 is 0 Å². The van der Waals surface area contributed by atoms with Crippen molar-refractivity contribution in [3.63, 3.8) is 0 Å². The maximum Gasteiger partial charge on any atom is 0.393 e. The van der Waals surface area contributed by atoms with Crippen LogP contribution >= 0.6 is 0 Å². The van der Waals surface area contributed by atoms with E-state index in [9.17, 15) is 4.79 Å². The maximum absolute atomic E-state index is 10.4. The molecule has 14 heavy (non-hydrogen) atoms. The van der Waals surface area contributed by atoms with Crippen LogP contribution in [0.1, 0.15) is 10.7 Å². The highest BCUT2D eigenvalue weighted by Gasteiger charge is 2.14. The van der Waals surface area contributed by atoms with Gasteiger partial charge in [0.25, 0.3) is 5.89 Å². The molecule has 0 aromatic carbocycles. The molecule has 1 N–H and O–H groups in total. The number of hydrogen-bond acceptors (Lipinski definition) is 5. The van der Waals surface area contributed by atoms with Crippen molar-refractivity contribution in [2.75, 3.05) is 0 Å². The molecule has 7 heteroatoms. The quantitative estimate of drug-likeness (QED) is 0.732. The molecular weight excluding hydrogens is 188 g/mol. The summed E-state index contributed by atoms with van der Waals surface area (Å²) in [5.74, 6) is -1.52. The van der Waals surface area contributed by atoms with Gasteiger partial charge in [-0.25, -0.2) is 4.79 Å². The van der Waals surface area contributed by atoms with Gasteiger partial charge in [-0.1, -0.05) is 0 Å². The summed E-state index contributed by atoms with van der Waals surface area (Å²) < 4.78 is 6.42. The topological polar surface area (TPSA) is 94.0 Å². The van der Waals surface area contributed by atoms with Crippen LogP contribution in [0.3, 0.4) is 0 Å². The van der Waals surface area contributed by atoms with E-state index in [4.69, 9.17) is 9.52 Å². The number of rotatable bonds is 2. The number of aromatic carboxylic acids is 1. The first-order chi connectivity index (χ1) is 6.66. The van der Waals surface area contributed by atoms with Gasteiger partial charge < -0.3 is 9.52 Å². The molecule has 0 amide bonds. The third-order valence-corrected chi connectivity index (χ3v) is 1.56. The van der Waals surface area contributed by atoms with Crippen LogP contribution in [0.25, 0.3) is 11.5 Å². The molecule has 0 radical (unpaired) electrons. The molecule has 0 bridgehead atoms. The standard InChI is InChI=1S/C7H6N4O3/c1-11-3-4(2-8-11)5-9-10-6(14-5)7(12)13/h2-3H,1H3,(H,12,13). The molecule has 0 aliphatic rings. The van der Waals surface area contributed by atoms with Crippen LogP contribution in [0.5, 0.6) is 0 Å². The smallest absolute Gasteiger partial charge is 0.393 e. The van der Waals surface area contributed by atoms with Gasteiger partial charge in [-0.3, -0.25) is 4.68 Å². The minimum Gasteiger partial charge on any atom is -0.474 e. The van der Waals surface area contributed by atoms with Gasteiger partial charge in [-0.2, -0.15) is 5.10 Å². The van der Waals surface area contributed by atoms with Crippen molar-refractivity contribution in [2.24, 2.45) is 7.05 Å². The van der Waals surface area contributed by atoms with Crippen LogP contribution in [0.4, 0.5) is 0 Å². The minimum atomic E-state index is -1.24. The zero-order valence-electron chi connectivity index (χ0n) is 7.21. The predicted octanol–water partition coefficient (Wildman–Crippen LogP) is 0.168. The molecule has 72 valence electrons. The van der Waals surface area contributed by atoms with Gasteiger partial charge in [0, 0.05) is 13.2 Å². The van der Waals surface area contributed by atoms with Crippen molar-refractivity contribution in [1.82, 2.24) is 20.0 Å². The van der Waals surface area contributed by atoms with E-state index in [0.29, 0.717) is 5.56 Å². The molecule has 0 atom stereocenters. The van der Waals surface area contributed by atoms with E-state index in [0.717, 1.165) is 0 Å². The second kappa shape index (κ2) is 2.95. The normalized spacial score (nSPS) is 10.4. The first-order valence-corrected chi connectivity index (χ1v) is 3.72. The van der Waals surface area contributed by atoms with Crippen molar-refractivity contribution >= 4 is 5.97 Å². The van der Waals surface area contributed by atoms with E-state index < -0.39 is 11.9 Å². The lowest BCUT2D eigenvalue weighted by molar-refractivity contribution is 0.0654. The van der Waals surface area contributed by atoms with Gasteiger partial charge in [0.1, 0.15) is 0 Å². The lowest BCUT2D eigenvalue weighted by Crippen LogP contribution is -1.95. The van der Waals surface area contributed by atoms with Crippen molar-refractivity contribution in [1.29, 1.82) is 0 Å². The van der Waals surface area contributed by atoms with Crippen molar-refractivity contribution < 1.29 is 14.3 Å². The summed E-state index contributed by atoms with van der Waals surface area (Å²) in [5, 5.41) is 19.3. The van der Waals surface area contributed by atoms with Gasteiger partial charge in [-0.15, -0.1) is 10.2 Å². The molecule has 2 heterocycles. The van der Waals surface area contributed by atoms with Crippen LogP contribution in [0.15, 0.2) is 16.8 Å². The van der Waals surface area contributed by atoms with Crippen molar-refractivity contribution in [2.45, 2.75) is 0 Å². The first kappa shape index (κ1) is 8.42. The van der Waals surface area contributed by atoms with Crippen LogP contribution in [0.2, 0.25) is 0 Å². The molecule has 2 aromatic heterocycles. The van der Waals surface area contributed by atoms with Gasteiger partial charge in [-0.05, 0) is 0 Å². The van der Waals surface area contributed by atoms with Gasteiger partial charge in [0.05, 0.1) is 11.8 Å². The van der Waals surface area contributed by atoms with Gasteiger partial charge in [0.15, 0.2) is 0 Å². The summed E-state index contributed by atoms with van der Waals surface area (Å²) in [6.07, 6.45) is 3.16. The highest BCUT2D eigenvalue weighted by Crippen LogP contribution is 2.15. The van der Waals surface area contributed by atoms with Crippen molar-refractivity contribution in [3.8, 4) is 11.5 Å². The minimum absolute atomic E-state index is 0.149. The Bertz CT molecular complexity index is 473. The third-order valence-electron chi connectivity index (χ3n) is 1.56. The fourth-order valence-electron chi connectivity index (χ4n) is 0.958. The lowest BCUT2D eigenvalue weighted by atomic mass is 10.4. The van der Waals surface area contributed by atoms with Crippen LogP contribution in [-0.2, 0) is 7.05 Å². The third kappa shape index (κ3) is 1.35. The number of carboxylic acids is 1. The highest BCUT2D eigenvalue weighted by atomic mass is 16.4. The Hall–Kier alpha value is -2.18. The summed E-state index contributed by atoms with van der Waals surface area (Å²) in [7, 11) is 1.73. The zero-order valence-corrected chi connectivity index (χ0v) is 7.21. The fraction of sp³-hybridized carbons (Fsp3) is 0.143. The Morgan fingerprint density at radius 2 is 2.36 bits per heavy atom. The Morgan fingerprint density at radius 1 is 1.57 bits per heavy atom. The van der Waals surface area contributed by atoms with E-state index in [1.165, 1.54) is 6.20 Å². The van der Waals surface area contributed by atoms with Gasteiger partial charge in [0.2, 0.25) is 0 Å². The largest absolute Gasteiger partial charge is 0.474 e. The SMILES string of the molecule is Cn1cc(-c2nnc(C(=O)O)o2)cn1. The maximum atomic E-state index is 10.4. The van der Waals surface area contributed by atoms with E-state index in [2.05, 4.69) is 15.3 Å². The zero-order chi connectivity index (χ0) is 10.1. The molecule has 0 spiro atoms.